The Morgan fingerprint density at radius 2 is 2.33 bits per heavy atom. The molecule has 0 spiro atoms. The molecule has 1 atom stereocenters. The Bertz CT molecular complexity index is 176. The van der Waals surface area contributed by atoms with Gasteiger partial charge in [0.1, 0.15) is 0 Å². The van der Waals surface area contributed by atoms with Gasteiger partial charge >= 0.3 is 0 Å². The highest BCUT2D eigenvalue weighted by atomic mass is 16.3. The highest BCUT2D eigenvalue weighted by Crippen LogP contribution is 2.18. The molecule has 0 aliphatic heterocycles. The maximum absolute atomic E-state index is 9.42. The molecule has 0 aromatic rings. The smallest absolute Gasteiger partial charge is 0.0673 e. The van der Waals surface area contributed by atoms with Gasteiger partial charge in [-0.1, -0.05) is 0 Å². The van der Waals surface area contributed by atoms with Gasteiger partial charge in [0.15, 0.2) is 0 Å². The second-order valence-corrected chi connectivity index (χ2v) is 3.30. The molecule has 2 heteroatoms. The predicted molar refractivity (Wildman–Crippen MR) is 49.7 cm³/mol. The first-order chi connectivity index (χ1) is 5.83. The van der Waals surface area contributed by atoms with Crippen LogP contribution in [0.2, 0.25) is 0 Å². The SMILES string of the molecule is CC#CCCC(O)CNC1CC1. The lowest BCUT2D eigenvalue weighted by Gasteiger charge is -2.08. The third-order valence-electron chi connectivity index (χ3n) is 2.00. The fourth-order valence-corrected chi connectivity index (χ4v) is 1.06. The standard InChI is InChI=1S/C10H17NO/c1-2-3-4-5-10(12)8-11-9-6-7-9/h9-12H,4-8H2,1H3. The third-order valence-corrected chi connectivity index (χ3v) is 2.00. The summed E-state index contributed by atoms with van der Waals surface area (Å²) in [6.45, 7) is 2.56. The van der Waals surface area contributed by atoms with Gasteiger partial charge in [-0.3, -0.25) is 0 Å². The molecule has 0 radical (unpaired) electrons. The van der Waals surface area contributed by atoms with Crippen molar-refractivity contribution in [3.05, 3.63) is 0 Å². The van der Waals surface area contributed by atoms with Crippen molar-refractivity contribution in [2.24, 2.45) is 0 Å². The van der Waals surface area contributed by atoms with Crippen molar-refractivity contribution in [1.29, 1.82) is 0 Å². The van der Waals surface area contributed by atoms with Gasteiger partial charge in [0.2, 0.25) is 0 Å². The van der Waals surface area contributed by atoms with E-state index in [0.717, 1.165) is 19.4 Å². The lowest BCUT2D eigenvalue weighted by atomic mass is 10.2. The van der Waals surface area contributed by atoms with E-state index in [1.165, 1.54) is 12.8 Å². The van der Waals surface area contributed by atoms with Crippen LogP contribution in [0.5, 0.6) is 0 Å². The fourth-order valence-electron chi connectivity index (χ4n) is 1.06. The first kappa shape index (κ1) is 9.57. The molecule has 0 heterocycles. The van der Waals surface area contributed by atoms with E-state index in [9.17, 15) is 5.11 Å². The summed E-state index contributed by atoms with van der Waals surface area (Å²) in [6, 6.07) is 0.692. The zero-order valence-electron chi connectivity index (χ0n) is 7.64. The van der Waals surface area contributed by atoms with Crippen molar-refractivity contribution in [2.75, 3.05) is 6.54 Å². The number of hydrogen-bond donors (Lipinski definition) is 2. The van der Waals surface area contributed by atoms with Gasteiger partial charge in [0.05, 0.1) is 6.10 Å². The van der Waals surface area contributed by atoms with Gasteiger partial charge in [-0.05, 0) is 26.2 Å². The fraction of sp³-hybridized carbons (Fsp3) is 0.800. The second kappa shape index (κ2) is 5.18. The van der Waals surface area contributed by atoms with Crippen molar-refractivity contribution in [3.8, 4) is 11.8 Å². The Morgan fingerprint density at radius 3 is 2.92 bits per heavy atom. The van der Waals surface area contributed by atoms with Crippen LogP contribution in [0.4, 0.5) is 0 Å². The summed E-state index contributed by atoms with van der Waals surface area (Å²) in [5.41, 5.74) is 0. The van der Waals surface area contributed by atoms with Crippen LogP contribution in [0.25, 0.3) is 0 Å². The van der Waals surface area contributed by atoms with Crippen LogP contribution in [0.3, 0.4) is 0 Å². The first-order valence-corrected chi connectivity index (χ1v) is 4.64. The number of aliphatic hydroxyl groups excluding tert-OH is 1. The first-order valence-electron chi connectivity index (χ1n) is 4.64. The molecule has 2 nitrogen and oxygen atoms in total. The Labute approximate surface area is 74.4 Å². The molecule has 0 aromatic heterocycles. The van der Waals surface area contributed by atoms with E-state index in [0.29, 0.717) is 6.04 Å². The molecule has 0 bridgehead atoms. The largest absolute Gasteiger partial charge is 0.392 e. The summed E-state index contributed by atoms with van der Waals surface area (Å²) in [5, 5.41) is 12.7. The molecule has 12 heavy (non-hydrogen) atoms. The summed E-state index contributed by atoms with van der Waals surface area (Å²) in [6.07, 6.45) is 3.94. The van der Waals surface area contributed by atoms with Crippen LogP contribution in [-0.2, 0) is 0 Å². The molecule has 1 fully saturated rings. The summed E-state index contributed by atoms with van der Waals surface area (Å²) in [4.78, 5) is 0. The minimum atomic E-state index is -0.216. The minimum Gasteiger partial charge on any atom is -0.392 e. The highest BCUT2D eigenvalue weighted by molar-refractivity contribution is 4.95. The van der Waals surface area contributed by atoms with E-state index < -0.39 is 0 Å². The summed E-state index contributed by atoms with van der Waals surface area (Å²) in [7, 11) is 0. The number of aliphatic hydroxyl groups is 1. The maximum Gasteiger partial charge on any atom is 0.0673 e. The molecule has 1 unspecified atom stereocenters. The maximum atomic E-state index is 9.42. The normalized spacial score (nSPS) is 18.2. The van der Waals surface area contributed by atoms with Gasteiger partial charge in [-0.25, -0.2) is 0 Å². The molecule has 0 saturated heterocycles. The number of hydrogen-bond acceptors (Lipinski definition) is 2. The van der Waals surface area contributed by atoms with Crippen LogP contribution >= 0.6 is 0 Å². The Kier molecular flexibility index (Phi) is 4.13. The van der Waals surface area contributed by atoms with Gasteiger partial charge in [-0.2, -0.15) is 0 Å². The van der Waals surface area contributed by atoms with Crippen LogP contribution in [-0.4, -0.2) is 23.8 Å². The highest BCUT2D eigenvalue weighted by Gasteiger charge is 2.20. The lowest BCUT2D eigenvalue weighted by Crippen LogP contribution is -2.28. The molecule has 2 N–H and O–H groups in total. The van der Waals surface area contributed by atoms with Gasteiger partial charge < -0.3 is 10.4 Å². The molecule has 68 valence electrons. The minimum absolute atomic E-state index is 0.216. The van der Waals surface area contributed by atoms with Gasteiger partial charge in [0, 0.05) is 19.0 Å². The van der Waals surface area contributed by atoms with Crippen LogP contribution in [0.15, 0.2) is 0 Å². The molecule has 1 saturated carbocycles. The topological polar surface area (TPSA) is 32.3 Å². The molecule has 1 aliphatic rings. The second-order valence-electron chi connectivity index (χ2n) is 3.30. The Morgan fingerprint density at radius 1 is 1.58 bits per heavy atom. The molecular formula is C10H17NO. The van der Waals surface area contributed by atoms with Crippen molar-refractivity contribution in [2.45, 2.75) is 44.8 Å². The van der Waals surface area contributed by atoms with Gasteiger partial charge in [0.25, 0.3) is 0 Å². The summed E-state index contributed by atoms with van der Waals surface area (Å²) in [5.74, 6) is 5.76. The lowest BCUT2D eigenvalue weighted by molar-refractivity contribution is 0.163. The van der Waals surface area contributed by atoms with Crippen LogP contribution < -0.4 is 5.32 Å². The van der Waals surface area contributed by atoms with Crippen LogP contribution in [0.1, 0.15) is 32.6 Å². The molecule has 1 aliphatic carbocycles. The van der Waals surface area contributed by atoms with Crippen molar-refractivity contribution >= 4 is 0 Å². The van der Waals surface area contributed by atoms with Gasteiger partial charge in [-0.15, -0.1) is 11.8 Å². The van der Waals surface area contributed by atoms with Crippen LogP contribution in [0, 0.1) is 11.8 Å². The quantitative estimate of drug-likeness (QED) is 0.596. The van der Waals surface area contributed by atoms with E-state index in [1.54, 1.807) is 0 Å². The average molecular weight is 167 g/mol. The van der Waals surface area contributed by atoms with Crippen molar-refractivity contribution < 1.29 is 5.11 Å². The Balaban J connectivity index is 1.93. The molecule has 1 rings (SSSR count). The third kappa shape index (κ3) is 4.38. The molecule has 0 amide bonds. The average Bonchev–Trinajstić information content (AvgIpc) is 2.84. The monoisotopic (exact) mass is 167 g/mol. The zero-order chi connectivity index (χ0) is 8.81. The van der Waals surface area contributed by atoms with E-state index in [4.69, 9.17) is 0 Å². The summed E-state index contributed by atoms with van der Waals surface area (Å²) < 4.78 is 0. The van der Waals surface area contributed by atoms with Crippen molar-refractivity contribution in [1.82, 2.24) is 5.32 Å². The zero-order valence-corrected chi connectivity index (χ0v) is 7.64. The number of nitrogens with one attached hydrogen (secondary N) is 1. The van der Waals surface area contributed by atoms with E-state index in [-0.39, 0.29) is 6.10 Å². The van der Waals surface area contributed by atoms with Crippen molar-refractivity contribution in [3.63, 3.8) is 0 Å². The van der Waals surface area contributed by atoms with E-state index in [1.807, 2.05) is 6.92 Å². The predicted octanol–water partition coefficient (Wildman–Crippen LogP) is 0.903. The molecule has 0 aromatic carbocycles. The number of rotatable bonds is 5. The summed E-state index contributed by atoms with van der Waals surface area (Å²) >= 11 is 0. The van der Waals surface area contributed by atoms with E-state index >= 15 is 0 Å². The Hall–Kier alpha value is -0.520. The molecular weight excluding hydrogens is 150 g/mol. The van der Waals surface area contributed by atoms with E-state index in [2.05, 4.69) is 17.2 Å².